The summed E-state index contributed by atoms with van der Waals surface area (Å²) in [6, 6.07) is 12.7. The Kier molecular flexibility index (Phi) is 3.18. The van der Waals surface area contributed by atoms with Crippen LogP contribution in [0.15, 0.2) is 54.4 Å². The van der Waals surface area contributed by atoms with Gasteiger partial charge in [0.1, 0.15) is 0 Å². The average Bonchev–Trinajstić information content (AvgIpc) is 2.44. The van der Waals surface area contributed by atoms with Gasteiger partial charge in [0.2, 0.25) is 5.91 Å². The van der Waals surface area contributed by atoms with E-state index in [-0.39, 0.29) is 5.91 Å². The molecule has 0 saturated heterocycles. The molecule has 0 fully saturated rings. The average molecular weight is 267 g/mol. The third kappa shape index (κ3) is 2.32. The van der Waals surface area contributed by atoms with Crippen LogP contribution in [-0.2, 0) is 4.79 Å². The summed E-state index contributed by atoms with van der Waals surface area (Å²) < 4.78 is 0. The van der Waals surface area contributed by atoms with Gasteiger partial charge >= 0.3 is 0 Å². The minimum atomic E-state index is -0.461. The van der Waals surface area contributed by atoms with E-state index in [1.807, 2.05) is 5.82 Å². The molecule has 1 atom stereocenters. The molecule has 1 amide bonds. The molecular formula is C16H14NOP. The summed E-state index contributed by atoms with van der Waals surface area (Å²) in [5.74, 6) is 1.59. The molecule has 1 unspecified atom stereocenters. The van der Waals surface area contributed by atoms with Crippen LogP contribution in [0.25, 0.3) is 16.8 Å². The van der Waals surface area contributed by atoms with Crippen molar-refractivity contribution in [3.63, 3.8) is 0 Å². The van der Waals surface area contributed by atoms with E-state index in [1.165, 1.54) is 27.7 Å². The Bertz CT molecular complexity index is 703. The predicted molar refractivity (Wildman–Crippen MR) is 82.7 cm³/mol. The molecule has 1 heterocycles. The van der Waals surface area contributed by atoms with Crippen molar-refractivity contribution in [2.45, 2.75) is 0 Å². The number of carbonyl (C=O) groups excluding carboxylic acids is 1. The van der Waals surface area contributed by atoms with E-state index in [9.17, 15) is 4.79 Å². The van der Waals surface area contributed by atoms with Crippen LogP contribution in [0.2, 0.25) is 0 Å². The van der Waals surface area contributed by atoms with Gasteiger partial charge < -0.3 is 5.73 Å². The topological polar surface area (TPSA) is 43.1 Å². The first kappa shape index (κ1) is 12.1. The normalized spacial score (nSPS) is 17.8. The number of carbonyl (C=O) groups is 1. The quantitative estimate of drug-likeness (QED) is 0.659. The van der Waals surface area contributed by atoms with Crippen molar-refractivity contribution in [2.24, 2.45) is 5.73 Å². The minimum Gasteiger partial charge on any atom is -0.366 e. The summed E-state index contributed by atoms with van der Waals surface area (Å²) in [4.78, 5) is 10.9. The van der Waals surface area contributed by atoms with E-state index in [1.54, 1.807) is 0 Å². The number of primary amides is 1. The number of fused-ring (bicyclic) bond motifs is 3. The third-order valence-corrected chi connectivity index (χ3v) is 5.38. The van der Waals surface area contributed by atoms with Crippen LogP contribution >= 0.6 is 7.92 Å². The van der Waals surface area contributed by atoms with E-state index < -0.39 is 7.92 Å². The maximum atomic E-state index is 10.9. The van der Waals surface area contributed by atoms with Crippen molar-refractivity contribution < 1.29 is 4.79 Å². The maximum Gasteiger partial charge on any atom is 0.241 e. The van der Waals surface area contributed by atoms with Crippen LogP contribution in [0.3, 0.4) is 0 Å². The van der Waals surface area contributed by atoms with Gasteiger partial charge in [-0.15, -0.1) is 0 Å². The van der Waals surface area contributed by atoms with Gasteiger partial charge in [0, 0.05) is 6.08 Å². The largest absolute Gasteiger partial charge is 0.366 e. The number of amides is 1. The lowest BCUT2D eigenvalue weighted by Crippen LogP contribution is -2.11. The highest BCUT2D eigenvalue weighted by molar-refractivity contribution is 7.69. The minimum absolute atomic E-state index is 0.376. The van der Waals surface area contributed by atoms with Crippen molar-refractivity contribution in [3.8, 4) is 0 Å². The van der Waals surface area contributed by atoms with E-state index in [0.717, 1.165) is 6.16 Å². The molecule has 3 heteroatoms. The fourth-order valence-electron chi connectivity index (χ4n) is 2.40. The van der Waals surface area contributed by atoms with Gasteiger partial charge in [-0.2, -0.15) is 0 Å². The van der Waals surface area contributed by atoms with E-state index in [2.05, 4.69) is 48.6 Å². The predicted octanol–water partition coefficient (Wildman–Crippen LogP) is 2.97. The Balaban J connectivity index is 2.13. The first-order valence-corrected chi connectivity index (χ1v) is 7.78. The molecule has 2 nitrogen and oxygen atoms in total. The van der Waals surface area contributed by atoms with Gasteiger partial charge in [0.15, 0.2) is 0 Å². The molecule has 0 saturated carbocycles. The second kappa shape index (κ2) is 4.99. The summed E-state index contributed by atoms with van der Waals surface area (Å²) in [6.07, 6.45) is 6.84. The molecule has 1 aliphatic rings. The Morgan fingerprint density at radius 2 is 2.05 bits per heavy atom. The number of rotatable bonds is 2. The van der Waals surface area contributed by atoms with Crippen LogP contribution < -0.4 is 11.0 Å². The number of benzene rings is 2. The Morgan fingerprint density at radius 1 is 1.21 bits per heavy atom. The molecule has 3 rings (SSSR count). The molecule has 2 N–H and O–H groups in total. The lowest BCUT2D eigenvalue weighted by molar-refractivity contribution is -0.113. The van der Waals surface area contributed by atoms with Crippen LogP contribution in [0, 0.1) is 0 Å². The van der Waals surface area contributed by atoms with Crippen LogP contribution in [0.1, 0.15) is 5.56 Å². The molecule has 1 aliphatic heterocycles. The molecule has 2 aromatic carbocycles. The lowest BCUT2D eigenvalue weighted by Gasteiger charge is -2.20. The molecule has 0 bridgehead atoms. The molecular weight excluding hydrogens is 253 g/mol. The SMILES string of the molecule is NC(=O)C=CP1CC=Cc2c1ccc1ccccc21. The highest BCUT2D eigenvalue weighted by atomic mass is 31.1. The molecule has 0 radical (unpaired) electrons. The summed E-state index contributed by atoms with van der Waals surface area (Å²) in [7, 11) is -0.461. The maximum absolute atomic E-state index is 10.9. The molecule has 19 heavy (non-hydrogen) atoms. The Morgan fingerprint density at radius 3 is 2.89 bits per heavy atom. The van der Waals surface area contributed by atoms with Crippen LogP contribution in [-0.4, -0.2) is 12.1 Å². The zero-order chi connectivity index (χ0) is 13.2. The van der Waals surface area contributed by atoms with Gasteiger partial charge in [-0.1, -0.05) is 54.4 Å². The second-order valence-corrected chi connectivity index (χ2v) is 6.58. The van der Waals surface area contributed by atoms with Crippen molar-refractivity contribution in [3.05, 3.63) is 59.9 Å². The summed E-state index contributed by atoms with van der Waals surface area (Å²) in [5, 5.41) is 3.85. The Labute approximate surface area is 113 Å². The molecule has 0 spiro atoms. The van der Waals surface area contributed by atoms with Gasteiger partial charge in [0.05, 0.1) is 0 Å². The lowest BCUT2D eigenvalue weighted by atomic mass is 10.0. The zero-order valence-corrected chi connectivity index (χ0v) is 11.3. The van der Waals surface area contributed by atoms with Crippen molar-refractivity contribution in [1.29, 1.82) is 0 Å². The molecule has 0 aliphatic carbocycles. The van der Waals surface area contributed by atoms with Crippen LogP contribution in [0.4, 0.5) is 0 Å². The fraction of sp³-hybridized carbons (Fsp3) is 0.0625. The zero-order valence-electron chi connectivity index (χ0n) is 10.4. The van der Waals surface area contributed by atoms with Gasteiger partial charge in [-0.05, 0) is 35.7 Å². The third-order valence-electron chi connectivity index (χ3n) is 3.26. The van der Waals surface area contributed by atoms with Gasteiger partial charge in [-0.3, -0.25) is 4.79 Å². The monoisotopic (exact) mass is 267 g/mol. The van der Waals surface area contributed by atoms with Crippen molar-refractivity contribution in [2.75, 3.05) is 6.16 Å². The summed E-state index contributed by atoms with van der Waals surface area (Å²) in [6.45, 7) is 0. The first-order valence-electron chi connectivity index (χ1n) is 6.18. The van der Waals surface area contributed by atoms with E-state index in [0.29, 0.717) is 0 Å². The number of nitrogens with two attached hydrogens (primary N) is 1. The standard InChI is InChI=1S/C16H14NOP/c17-16(18)9-11-19-10-3-6-14-13-5-2-1-4-12(13)7-8-15(14)19/h1-9,11H,10H2,(H2,17,18). The smallest absolute Gasteiger partial charge is 0.241 e. The van der Waals surface area contributed by atoms with Gasteiger partial charge in [-0.25, -0.2) is 0 Å². The number of hydrogen-bond acceptors (Lipinski definition) is 1. The van der Waals surface area contributed by atoms with Crippen LogP contribution in [0.5, 0.6) is 0 Å². The molecule has 2 aromatic rings. The summed E-state index contributed by atoms with van der Waals surface area (Å²) in [5.41, 5.74) is 6.47. The highest BCUT2D eigenvalue weighted by Crippen LogP contribution is 2.42. The highest BCUT2D eigenvalue weighted by Gasteiger charge is 2.15. The Hall–Kier alpha value is -1.92. The van der Waals surface area contributed by atoms with Crippen molar-refractivity contribution >= 4 is 36.0 Å². The first-order chi connectivity index (χ1) is 9.25. The summed E-state index contributed by atoms with van der Waals surface area (Å²) >= 11 is 0. The molecule has 0 aromatic heterocycles. The number of allylic oxidation sites excluding steroid dienone is 1. The second-order valence-electron chi connectivity index (χ2n) is 4.49. The van der Waals surface area contributed by atoms with E-state index in [4.69, 9.17) is 5.73 Å². The van der Waals surface area contributed by atoms with Crippen molar-refractivity contribution in [1.82, 2.24) is 0 Å². The number of hydrogen-bond donors (Lipinski definition) is 1. The fourth-order valence-corrected chi connectivity index (χ4v) is 4.31. The molecule has 94 valence electrons. The van der Waals surface area contributed by atoms with E-state index >= 15 is 0 Å². The van der Waals surface area contributed by atoms with Gasteiger partial charge in [0.25, 0.3) is 0 Å².